The Bertz CT molecular complexity index is 743. The Morgan fingerprint density at radius 3 is 2.90 bits per heavy atom. The average molecular weight is 298 g/mol. The molecular formula is C16H14N2O2S. The van der Waals surface area contributed by atoms with E-state index in [0.717, 1.165) is 12.2 Å². The SMILES string of the molecule is O=C(c1ccco1)N1CCn2cccc2[C@H]1c1cccs1. The summed E-state index contributed by atoms with van der Waals surface area (Å²) >= 11 is 1.68. The maximum absolute atomic E-state index is 12.7. The third-order valence-corrected chi connectivity index (χ3v) is 4.77. The molecule has 106 valence electrons. The van der Waals surface area contributed by atoms with E-state index in [0.29, 0.717) is 12.3 Å². The van der Waals surface area contributed by atoms with Gasteiger partial charge in [0.05, 0.1) is 6.26 Å². The molecule has 1 amide bonds. The number of fused-ring (bicyclic) bond motifs is 1. The van der Waals surface area contributed by atoms with Gasteiger partial charge in [-0.05, 0) is 35.7 Å². The van der Waals surface area contributed by atoms with E-state index in [9.17, 15) is 4.79 Å². The number of carbonyl (C=O) groups excluding carboxylic acids is 1. The lowest BCUT2D eigenvalue weighted by Crippen LogP contribution is -2.42. The van der Waals surface area contributed by atoms with Gasteiger partial charge >= 0.3 is 0 Å². The highest BCUT2D eigenvalue weighted by Gasteiger charge is 2.34. The molecule has 0 bridgehead atoms. The molecular weight excluding hydrogens is 284 g/mol. The molecule has 3 aromatic heterocycles. The number of aromatic nitrogens is 1. The van der Waals surface area contributed by atoms with Crippen LogP contribution in [-0.2, 0) is 6.54 Å². The first-order valence-corrected chi connectivity index (χ1v) is 7.75. The number of hydrogen-bond acceptors (Lipinski definition) is 3. The Labute approximate surface area is 126 Å². The summed E-state index contributed by atoms with van der Waals surface area (Å²) in [7, 11) is 0. The van der Waals surface area contributed by atoms with Crippen LogP contribution in [0, 0.1) is 0 Å². The van der Waals surface area contributed by atoms with Gasteiger partial charge in [-0.2, -0.15) is 0 Å². The Hall–Kier alpha value is -2.27. The van der Waals surface area contributed by atoms with E-state index < -0.39 is 0 Å². The first-order valence-electron chi connectivity index (χ1n) is 6.87. The van der Waals surface area contributed by atoms with Gasteiger partial charge in [0.1, 0.15) is 6.04 Å². The Kier molecular flexibility index (Phi) is 2.93. The van der Waals surface area contributed by atoms with E-state index in [1.54, 1.807) is 29.7 Å². The molecule has 0 spiro atoms. The molecule has 0 fully saturated rings. The van der Waals surface area contributed by atoms with Gasteiger partial charge in [-0.15, -0.1) is 11.3 Å². The number of carbonyl (C=O) groups is 1. The number of hydrogen-bond donors (Lipinski definition) is 0. The maximum atomic E-state index is 12.7. The molecule has 0 saturated heterocycles. The third kappa shape index (κ3) is 2.01. The van der Waals surface area contributed by atoms with Crippen LogP contribution in [0.4, 0.5) is 0 Å². The average Bonchev–Trinajstić information content (AvgIpc) is 3.25. The molecule has 0 saturated carbocycles. The van der Waals surface area contributed by atoms with Crippen LogP contribution in [0.5, 0.6) is 0 Å². The van der Waals surface area contributed by atoms with Crippen LogP contribution in [0.1, 0.15) is 27.2 Å². The van der Waals surface area contributed by atoms with Gasteiger partial charge in [0, 0.05) is 29.9 Å². The minimum absolute atomic E-state index is 0.0358. The fraction of sp³-hybridized carbons (Fsp3) is 0.188. The molecule has 0 aliphatic carbocycles. The van der Waals surface area contributed by atoms with Crippen LogP contribution in [-0.4, -0.2) is 21.9 Å². The summed E-state index contributed by atoms with van der Waals surface area (Å²) in [6, 6.07) is 11.7. The van der Waals surface area contributed by atoms with Crippen molar-refractivity contribution < 1.29 is 9.21 Å². The molecule has 1 aliphatic rings. The third-order valence-electron chi connectivity index (χ3n) is 3.84. The van der Waals surface area contributed by atoms with E-state index in [2.05, 4.69) is 22.9 Å². The molecule has 4 heterocycles. The van der Waals surface area contributed by atoms with Crippen molar-refractivity contribution in [2.24, 2.45) is 0 Å². The standard InChI is InChI=1S/C16H14N2O2S/c19-16(13-5-2-10-20-13)18-9-8-17-7-1-4-12(17)15(18)14-6-3-11-21-14/h1-7,10-11,15H,8-9H2/t15-/m0/s1. The molecule has 0 N–H and O–H groups in total. The smallest absolute Gasteiger partial charge is 0.290 e. The summed E-state index contributed by atoms with van der Waals surface area (Å²) in [6.45, 7) is 1.50. The van der Waals surface area contributed by atoms with Crippen molar-refractivity contribution >= 4 is 17.2 Å². The molecule has 1 aliphatic heterocycles. The van der Waals surface area contributed by atoms with Gasteiger partial charge in [-0.25, -0.2) is 0 Å². The number of nitrogens with zero attached hydrogens (tertiary/aromatic N) is 2. The summed E-state index contributed by atoms with van der Waals surface area (Å²) in [6.07, 6.45) is 3.62. The molecule has 4 rings (SSSR count). The number of thiophene rings is 1. The van der Waals surface area contributed by atoms with Gasteiger partial charge in [0.2, 0.25) is 0 Å². The fourth-order valence-corrected chi connectivity index (χ4v) is 3.74. The lowest BCUT2D eigenvalue weighted by atomic mass is 10.1. The zero-order valence-corrected chi connectivity index (χ0v) is 12.1. The second kappa shape index (κ2) is 4.93. The summed E-state index contributed by atoms with van der Waals surface area (Å²) in [5.74, 6) is 0.349. The van der Waals surface area contributed by atoms with Gasteiger partial charge in [-0.1, -0.05) is 6.07 Å². The Balaban J connectivity index is 1.78. The highest BCUT2D eigenvalue weighted by Crippen LogP contribution is 2.35. The van der Waals surface area contributed by atoms with E-state index >= 15 is 0 Å². The highest BCUT2D eigenvalue weighted by atomic mass is 32.1. The molecule has 4 nitrogen and oxygen atoms in total. The van der Waals surface area contributed by atoms with Crippen LogP contribution in [0.2, 0.25) is 0 Å². The molecule has 5 heteroatoms. The van der Waals surface area contributed by atoms with Crippen molar-refractivity contribution in [3.63, 3.8) is 0 Å². The van der Waals surface area contributed by atoms with Crippen molar-refractivity contribution in [2.75, 3.05) is 6.54 Å². The van der Waals surface area contributed by atoms with Crippen molar-refractivity contribution in [2.45, 2.75) is 12.6 Å². The molecule has 0 radical (unpaired) electrons. The van der Waals surface area contributed by atoms with Gasteiger partial charge in [0.25, 0.3) is 5.91 Å². The predicted octanol–water partition coefficient (Wildman–Crippen LogP) is 3.39. The van der Waals surface area contributed by atoms with E-state index in [-0.39, 0.29) is 11.9 Å². The first-order chi connectivity index (χ1) is 10.3. The lowest BCUT2D eigenvalue weighted by Gasteiger charge is -2.36. The van der Waals surface area contributed by atoms with Gasteiger partial charge < -0.3 is 13.9 Å². The minimum Gasteiger partial charge on any atom is -0.459 e. The second-order valence-corrected chi connectivity index (χ2v) is 6.00. The topological polar surface area (TPSA) is 38.4 Å². The Morgan fingerprint density at radius 2 is 2.14 bits per heavy atom. The number of furan rings is 1. The van der Waals surface area contributed by atoms with Gasteiger partial charge in [0.15, 0.2) is 5.76 Å². The van der Waals surface area contributed by atoms with Crippen molar-refractivity contribution in [3.8, 4) is 0 Å². The zero-order chi connectivity index (χ0) is 14.2. The molecule has 3 aromatic rings. The highest BCUT2D eigenvalue weighted by molar-refractivity contribution is 7.10. The largest absolute Gasteiger partial charge is 0.459 e. The zero-order valence-electron chi connectivity index (χ0n) is 11.3. The minimum atomic E-state index is -0.0501. The van der Waals surface area contributed by atoms with Crippen LogP contribution in [0.25, 0.3) is 0 Å². The summed E-state index contributed by atoms with van der Waals surface area (Å²) in [5.41, 5.74) is 1.16. The maximum Gasteiger partial charge on any atom is 0.290 e. The number of rotatable bonds is 2. The van der Waals surface area contributed by atoms with E-state index in [4.69, 9.17) is 4.42 Å². The Morgan fingerprint density at radius 1 is 1.19 bits per heavy atom. The van der Waals surface area contributed by atoms with Crippen molar-refractivity contribution in [3.05, 3.63) is 70.6 Å². The second-order valence-electron chi connectivity index (χ2n) is 5.02. The molecule has 0 unspecified atom stereocenters. The molecule has 1 atom stereocenters. The van der Waals surface area contributed by atoms with Crippen LogP contribution in [0.15, 0.2) is 58.7 Å². The summed E-state index contributed by atoms with van der Waals surface area (Å²) in [4.78, 5) is 15.8. The summed E-state index contributed by atoms with van der Waals surface area (Å²) < 4.78 is 7.51. The monoisotopic (exact) mass is 298 g/mol. The molecule has 21 heavy (non-hydrogen) atoms. The fourth-order valence-electron chi connectivity index (χ4n) is 2.89. The van der Waals surface area contributed by atoms with Crippen LogP contribution in [0.3, 0.4) is 0 Å². The first kappa shape index (κ1) is 12.5. The van der Waals surface area contributed by atoms with Crippen LogP contribution < -0.4 is 0 Å². The quantitative estimate of drug-likeness (QED) is 0.727. The van der Waals surface area contributed by atoms with E-state index in [1.807, 2.05) is 22.4 Å². The predicted molar refractivity (Wildman–Crippen MR) is 80.3 cm³/mol. The van der Waals surface area contributed by atoms with Crippen LogP contribution >= 0.6 is 11.3 Å². The number of amides is 1. The van der Waals surface area contributed by atoms with Crippen molar-refractivity contribution in [1.29, 1.82) is 0 Å². The summed E-state index contributed by atoms with van der Waals surface area (Å²) in [5, 5.41) is 2.05. The van der Waals surface area contributed by atoms with Gasteiger partial charge in [-0.3, -0.25) is 4.79 Å². The molecule has 0 aromatic carbocycles. The van der Waals surface area contributed by atoms with Crippen molar-refractivity contribution in [1.82, 2.24) is 9.47 Å². The van der Waals surface area contributed by atoms with E-state index in [1.165, 1.54) is 4.88 Å². The normalized spacial score (nSPS) is 17.7. The lowest BCUT2D eigenvalue weighted by molar-refractivity contribution is 0.0634.